The summed E-state index contributed by atoms with van der Waals surface area (Å²) in [5, 5.41) is 11.2. The Kier molecular flexibility index (Phi) is 6.55. The zero-order chi connectivity index (χ0) is 16.9. The molecular formula is C14H18BrNO5S. The number of carbonyl (C=O) groups is 2. The number of carboxylic acid groups (broad SMARTS) is 1. The molecule has 0 heterocycles. The molecule has 6 nitrogen and oxygen atoms in total. The predicted molar refractivity (Wildman–Crippen MR) is 86.0 cm³/mol. The summed E-state index contributed by atoms with van der Waals surface area (Å²) in [7, 11) is -3.67. The van der Waals surface area contributed by atoms with E-state index in [1.807, 2.05) is 0 Å². The number of carbonyl (C=O) groups excluding carboxylic acids is 1. The Labute approximate surface area is 138 Å². The molecule has 0 aliphatic rings. The van der Waals surface area contributed by atoms with Crippen LogP contribution in [0.4, 0.5) is 0 Å². The van der Waals surface area contributed by atoms with E-state index in [2.05, 4.69) is 21.2 Å². The lowest BCUT2D eigenvalue weighted by atomic mass is 10.1. The SMILES string of the molecule is CC(C)C(NC(=O)CS(=O)(=O)Cc1cccc(Br)c1)C(=O)O. The average molecular weight is 392 g/mol. The summed E-state index contributed by atoms with van der Waals surface area (Å²) in [6, 6.07) is 5.67. The maximum absolute atomic E-state index is 12.0. The van der Waals surface area contributed by atoms with Gasteiger partial charge in [-0.1, -0.05) is 41.9 Å². The van der Waals surface area contributed by atoms with Gasteiger partial charge in [-0.3, -0.25) is 4.79 Å². The van der Waals surface area contributed by atoms with Crippen LogP contribution >= 0.6 is 15.9 Å². The van der Waals surface area contributed by atoms with E-state index in [0.29, 0.717) is 5.56 Å². The van der Waals surface area contributed by atoms with Gasteiger partial charge in [0, 0.05) is 4.47 Å². The molecule has 1 aromatic carbocycles. The van der Waals surface area contributed by atoms with Gasteiger partial charge in [-0.2, -0.15) is 0 Å². The van der Waals surface area contributed by atoms with Gasteiger partial charge in [0.05, 0.1) is 5.75 Å². The summed E-state index contributed by atoms with van der Waals surface area (Å²) in [5.41, 5.74) is 0.556. The molecule has 1 unspecified atom stereocenters. The van der Waals surface area contributed by atoms with Gasteiger partial charge in [0.2, 0.25) is 5.91 Å². The van der Waals surface area contributed by atoms with Gasteiger partial charge in [0.15, 0.2) is 9.84 Å². The van der Waals surface area contributed by atoms with Crippen LogP contribution in [0.15, 0.2) is 28.7 Å². The molecule has 1 aromatic rings. The van der Waals surface area contributed by atoms with Crippen molar-refractivity contribution in [3.8, 4) is 0 Å². The maximum atomic E-state index is 12.0. The summed E-state index contributed by atoms with van der Waals surface area (Å²) in [6.07, 6.45) is 0. The first-order chi connectivity index (χ1) is 10.1. The number of carboxylic acids is 1. The fraction of sp³-hybridized carbons (Fsp3) is 0.429. The van der Waals surface area contributed by atoms with Crippen molar-refractivity contribution in [1.29, 1.82) is 0 Å². The fourth-order valence-corrected chi connectivity index (χ4v) is 3.58. The first kappa shape index (κ1) is 18.6. The minimum absolute atomic E-state index is 0.278. The molecule has 8 heteroatoms. The highest BCUT2D eigenvalue weighted by Gasteiger charge is 2.26. The summed E-state index contributed by atoms with van der Waals surface area (Å²) >= 11 is 3.25. The normalized spacial score (nSPS) is 12.9. The number of benzene rings is 1. The van der Waals surface area contributed by atoms with Gasteiger partial charge in [-0.15, -0.1) is 0 Å². The molecule has 22 heavy (non-hydrogen) atoms. The molecule has 0 aromatic heterocycles. The van der Waals surface area contributed by atoms with Gasteiger partial charge in [-0.25, -0.2) is 13.2 Å². The number of sulfone groups is 1. The lowest BCUT2D eigenvalue weighted by Crippen LogP contribution is -2.46. The zero-order valence-electron chi connectivity index (χ0n) is 12.2. The first-order valence-electron chi connectivity index (χ1n) is 6.58. The molecule has 122 valence electrons. The highest BCUT2D eigenvalue weighted by molar-refractivity contribution is 9.10. The molecule has 0 saturated carbocycles. The Morgan fingerprint density at radius 3 is 2.45 bits per heavy atom. The van der Waals surface area contributed by atoms with E-state index in [0.717, 1.165) is 4.47 Å². The lowest BCUT2D eigenvalue weighted by molar-refractivity contribution is -0.142. The molecule has 0 saturated heterocycles. The van der Waals surface area contributed by atoms with Crippen molar-refractivity contribution in [3.63, 3.8) is 0 Å². The van der Waals surface area contributed by atoms with E-state index in [9.17, 15) is 18.0 Å². The van der Waals surface area contributed by atoms with Gasteiger partial charge < -0.3 is 10.4 Å². The molecule has 1 rings (SSSR count). The van der Waals surface area contributed by atoms with E-state index < -0.39 is 33.5 Å². The Bertz CT molecular complexity index is 657. The number of rotatable bonds is 7. The van der Waals surface area contributed by atoms with Crippen molar-refractivity contribution < 1.29 is 23.1 Å². The summed E-state index contributed by atoms with van der Waals surface area (Å²) < 4.78 is 24.8. The first-order valence-corrected chi connectivity index (χ1v) is 9.19. The molecule has 1 amide bonds. The second kappa shape index (κ2) is 7.73. The second-order valence-electron chi connectivity index (χ2n) is 5.29. The minimum Gasteiger partial charge on any atom is -0.480 e. The third-order valence-electron chi connectivity index (χ3n) is 2.88. The number of hydrogen-bond acceptors (Lipinski definition) is 4. The molecule has 2 N–H and O–H groups in total. The van der Waals surface area contributed by atoms with E-state index in [1.54, 1.807) is 38.1 Å². The monoisotopic (exact) mass is 391 g/mol. The Morgan fingerprint density at radius 1 is 1.32 bits per heavy atom. The smallest absolute Gasteiger partial charge is 0.326 e. The van der Waals surface area contributed by atoms with Crippen LogP contribution in [0.1, 0.15) is 19.4 Å². The minimum atomic E-state index is -3.67. The number of aliphatic carboxylic acids is 1. The predicted octanol–water partition coefficient (Wildman–Crippen LogP) is 1.59. The van der Waals surface area contributed by atoms with Crippen LogP contribution in [0.3, 0.4) is 0 Å². The maximum Gasteiger partial charge on any atom is 0.326 e. The van der Waals surface area contributed by atoms with E-state index in [1.165, 1.54) is 0 Å². The highest BCUT2D eigenvalue weighted by atomic mass is 79.9. The van der Waals surface area contributed by atoms with Crippen LogP contribution in [0.5, 0.6) is 0 Å². The molecule has 0 radical (unpaired) electrons. The van der Waals surface area contributed by atoms with Crippen molar-refractivity contribution >= 4 is 37.6 Å². The van der Waals surface area contributed by atoms with Crippen LogP contribution in [-0.2, 0) is 25.2 Å². The highest BCUT2D eigenvalue weighted by Crippen LogP contribution is 2.14. The molecule has 0 fully saturated rings. The van der Waals surface area contributed by atoms with Crippen molar-refractivity contribution in [1.82, 2.24) is 5.32 Å². The lowest BCUT2D eigenvalue weighted by Gasteiger charge is -2.17. The summed E-state index contributed by atoms with van der Waals surface area (Å²) in [6.45, 7) is 3.27. The molecular weight excluding hydrogens is 374 g/mol. The van der Waals surface area contributed by atoms with Crippen LogP contribution in [0.25, 0.3) is 0 Å². The fourth-order valence-electron chi connectivity index (χ4n) is 1.86. The van der Waals surface area contributed by atoms with Crippen LogP contribution in [0.2, 0.25) is 0 Å². The zero-order valence-corrected chi connectivity index (χ0v) is 14.6. The molecule has 1 atom stereocenters. The third kappa shape index (κ3) is 6.15. The van der Waals surface area contributed by atoms with Crippen LogP contribution in [0, 0.1) is 5.92 Å². The average Bonchev–Trinajstić information content (AvgIpc) is 2.33. The number of amides is 1. The molecule has 0 aliphatic heterocycles. The summed E-state index contributed by atoms with van der Waals surface area (Å²) in [5.74, 6) is -3.35. The van der Waals surface area contributed by atoms with Crippen LogP contribution in [-0.4, -0.2) is 37.2 Å². The van der Waals surface area contributed by atoms with Gasteiger partial charge in [0.1, 0.15) is 11.8 Å². The van der Waals surface area contributed by atoms with Crippen molar-refractivity contribution in [3.05, 3.63) is 34.3 Å². The Hall–Kier alpha value is -1.41. The Balaban J connectivity index is 2.71. The van der Waals surface area contributed by atoms with E-state index in [-0.39, 0.29) is 11.7 Å². The van der Waals surface area contributed by atoms with Crippen molar-refractivity contribution in [2.45, 2.75) is 25.6 Å². The van der Waals surface area contributed by atoms with Crippen molar-refractivity contribution in [2.75, 3.05) is 5.75 Å². The third-order valence-corrected chi connectivity index (χ3v) is 4.84. The van der Waals surface area contributed by atoms with E-state index in [4.69, 9.17) is 5.11 Å². The van der Waals surface area contributed by atoms with Gasteiger partial charge in [0.25, 0.3) is 0 Å². The van der Waals surface area contributed by atoms with Gasteiger partial charge in [-0.05, 0) is 23.6 Å². The Morgan fingerprint density at radius 2 is 1.95 bits per heavy atom. The number of halogens is 1. The molecule has 0 spiro atoms. The van der Waals surface area contributed by atoms with Gasteiger partial charge >= 0.3 is 5.97 Å². The quantitative estimate of drug-likeness (QED) is 0.734. The van der Waals surface area contributed by atoms with Crippen LogP contribution < -0.4 is 5.32 Å². The number of nitrogens with one attached hydrogen (secondary N) is 1. The standard InChI is InChI=1S/C14H18BrNO5S/c1-9(2)13(14(18)19)16-12(17)8-22(20,21)7-10-4-3-5-11(15)6-10/h3-6,9,13H,7-8H2,1-2H3,(H,16,17)(H,18,19). The largest absolute Gasteiger partial charge is 0.480 e. The molecule has 0 bridgehead atoms. The number of hydrogen-bond donors (Lipinski definition) is 2. The topological polar surface area (TPSA) is 101 Å². The second-order valence-corrected chi connectivity index (χ2v) is 8.27. The van der Waals surface area contributed by atoms with E-state index >= 15 is 0 Å². The van der Waals surface area contributed by atoms with Crippen molar-refractivity contribution in [2.24, 2.45) is 5.92 Å². The molecule has 0 aliphatic carbocycles. The summed E-state index contributed by atoms with van der Waals surface area (Å²) in [4.78, 5) is 22.8.